The normalized spacial score (nSPS) is 12.4. The van der Waals surface area contributed by atoms with Crippen LogP contribution in [-0.2, 0) is 9.59 Å². The molecular formula is C12H22O3. The molecule has 0 saturated heterocycles. The van der Waals surface area contributed by atoms with E-state index in [4.69, 9.17) is 5.11 Å². The van der Waals surface area contributed by atoms with E-state index in [0.29, 0.717) is 12.3 Å². The van der Waals surface area contributed by atoms with Gasteiger partial charge in [-0.15, -0.1) is 0 Å². The molecule has 0 rings (SSSR count). The number of unbranched alkanes of at least 4 members (excludes halogenated alkanes) is 1. The third kappa shape index (κ3) is 8.16. The number of carbonyl (C=O) groups is 2. The van der Waals surface area contributed by atoms with Crippen molar-refractivity contribution in [1.82, 2.24) is 0 Å². The topological polar surface area (TPSA) is 54.4 Å². The molecule has 0 heterocycles. The molecular weight excluding hydrogens is 192 g/mol. The van der Waals surface area contributed by atoms with Crippen molar-refractivity contribution in [3.05, 3.63) is 0 Å². The lowest BCUT2D eigenvalue weighted by atomic mass is 9.93. The van der Waals surface area contributed by atoms with Gasteiger partial charge in [0.2, 0.25) is 0 Å². The van der Waals surface area contributed by atoms with E-state index in [1.54, 1.807) is 0 Å². The van der Waals surface area contributed by atoms with E-state index in [2.05, 4.69) is 13.8 Å². The summed E-state index contributed by atoms with van der Waals surface area (Å²) in [5, 5.41) is 8.43. The van der Waals surface area contributed by atoms with Crippen LogP contribution in [0.1, 0.15) is 58.8 Å². The predicted octanol–water partition coefficient (Wildman–Crippen LogP) is 3.03. The molecule has 0 aliphatic rings. The van der Waals surface area contributed by atoms with Crippen molar-refractivity contribution in [2.75, 3.05) is 0 Å². The van der Waals surface area contributed by atoms with Crippen LogP contribution in [0.4, 0.5) is 0 Å². The van der Waals surface area contributed by atoms with Crippen LogP contribution in [0.2, 0.25) is 0 Å². The molecule has 1 N–H and O–H groups in total. The first kappa shape index (κ1) is 14.1. The Morgan fingerprint density at radius 3 is 2.33 bits per heavy atom. The van der Waals surface area contributed by atoms with E-state index in [9.17, 15) is 9.59 Å². The Morgan fingerprint density at radius 2 is 1.87 bits per heavy atom. The zero-order valence-corrected chi connectivity index (χ0v) is 9.79. The van der Waals surface area contributed by atoms with Gasteiger partial charge >= 0.3 is 5.97 Å². The van der Waals surface area contributed by atoms with Crippen molar-refractivity contribution < 1.29 is 14.7 Å². The number of ketones is 1. The Kier molecular flexibility index (Phi) is 7.96. The van der Waals surface area contributed by atoms with Crippen LogP contribution in [0, 0.1) is 5.92 Å². The quantitative estimate of drug-likeness (QED) is 0.600. The highest BCUT2D eigenvalue weighted by Crippen LogP contribution is 2.18. The van der Waals surface area contributed by atoms with Gasteiger partial charge in [0.25, 0.3) is 0 Å². The molecule has 0 spiro atoms. The summed E-state index contributed by atoms with van der Waals surface area (Å²) in [6, 6.07) is 0. The molecule has 88 valence electrons. The highest BCUT2D eigenvalue weighted by atomic mass is 16.4. The van der Waals surface area contributed by atoms with Crippen molar-refractivity contribution in [2.24, 2.45) is 5.92 Å². The van der Waals surface area contributed by atoms with Gasteiger partial charge in [0.1, 0.15) is 12.2 Å². The summed E-state index contributed by atoms with van der Waals surface area (Å²) in [4.78, 5) is 21.4. The smallest absolute Gasteiger partial charge is 0.310 e. The van der Waals surface area contributed by atoms with Crippen LogP contribution >= 0.6 is 0 Å². The monoisotopic (exact) mass is 214 g/mol. The summed E-state index contributed by atoms with van der Waals surface area (Å²) >= 11 is 0. The number of hydrogen-bond donors (Lipinski definition) is 1. The maximum Gasteiger partial charge on any atom is 0.310 e. The number of Topliss-reactive ketones (excluding diaryl/α,β-unsaturated/α-hetero) is 1. The van der Waals surface area contributed by atoms with Crippen molar-refractivity contribution in [3.8, 4) is 0 Å². The summed E-state index contributed by atoms with van der Waals surface area (Å²) in [6.07, 6.45) is 5.58. The maximum absolute atomic E-state index is 11.2. The average Bonchev–Trinajstić information content (AvgIpc) is 2.17. The van der Waals surface area contributed by atoms with Gasteiger partial charge in [-0.05, 0) is 12.3 Å². The second-order valence-corrected chi connectivity index (χ2v) is 4.06. The van der Waals surface area contributed by atoms with E-state index in [1.165, 1.54) is 12.8 Å². The molecule has 0 saturated carbocycles. The summed E-state index contributed by atoms with van der Waals surface area (Å²) < 4.78 is 0. The Bertz CT molecular complexity index is 199. The van der Waals surface area contributed by atoms with Crippen molar-refractivity contribution in [1.29, 1.82) is 0 Å². The van der Waals surface area contributed by atoms with E-state index in [-0.39, 0.29) is 12.2 Å². The SMILES string of the molecule is CCCCC(CC)CCC(=O)CC(=O)O. The molecule has 0 aliphatic heterocycles. The van der Waals surface area contributed by atoms with Crippen molar-refractivity contribution >= 4 is 11.8 Å². The Labute approximate surface area is 91.9 Å². The van der Waals surface area contributed by atoms with E-state index < -0.39 is 5.97 Å². The number of carbonyl (C=O) groups excluding carboxylic acids is 1. The number of hydrogen-bond acceptors (Lipinski definition) is 2. The highest BCUT2D eigenvalue weighted by Gasteiger charge is 2.11. The third-order valence-corrected chi connectivity index (χ3v) is 2.72. The Hall–Kier alpha value is -0.860. The summed E-state index contributed by atoms with van der Waals surface area (Å²) in [5.41, 5.74) is 0. The van der Waals surface area contributed by atoms with Gasteiger partial charge in [0.05, 0.1) is 0 Å². The second kappa shape index (κ2) is 8.45. The minimum absolute atomic E-state index is 0.141. The van der Waals surface area contributed by atoms with Gasteiger partial charge in [-0.2, -0.15) is 0 Å². The molecule has 1 unspecified atom stereocenters. The lowest BCUT2D eigenvalue weighted by molar-refractivity contribution is -0.140. The Morgan fingerprint density at radius 1 is 1.20 bits per heavy atom. The summed E-state index contributed by atoms with van der Waals surface area (Å²) in [6.45, 7) is 4.28. The van der Waals surface area contributed by atoms with Gasteiger partial charge in [0.15, 0.2) is 0 Å². The fourth-order valence-electron chi connectivity index (χ4n) is 1.67. The zero-order chi connectivity index (χ0) is 11.7. The second-order valence-electron chi connectivity index (χ2n) is 4.06. The fourth-order valence-corrected chi connectivity index (χ4v) is 1.67. The van der Waals surface area contributed by atoms with Gasteiger partial charge < -0.3 is 5.11 Å². The molecule has 15 heavy (non-hydrogen) atoms. The summed E-state index contributed by atoms with van der Waals surface area (Å²) in [7, 11) is 0. The molecule has 1 atom stereocenters. The number of aliphatic carboxylic acids is 1. The van der Waals surface area contributed by atoms with E-state index in [0.717, 1.165) is 19.3 Å². The highest BCUT2D eigenvalue weighted by molar-refractivity contribution is 5.94. The molecule has 0 aromatic carbocycles. The van der Waals surface area contributed by atoms with Crippen LogP contribution in [-0.4, -0.2) is 16.9 Å². The van der Waals surface area contributed by atoms with Crippen LogP contribution in [0.15, 0.2) is 0 Å². The van der Waals surface area contributed by atoms with Crippen LogP contribution in [0.5, 0.6) is 0 Å². The van der Waals surface area contributed by atoms with E-state index in [1.807, 2.05) is 0 Å². The lowest BCUT2D eigenvalue weighted by Gasteiger charge is -2.12. The first-order valence-electron chi connectivity index (χ1n) is 5.83. The number of carboxylic acids is 1. The molecule has 0 bridgehead atoms. The molecule has 0 aromatic heterocycles. The van der Waals surface area contributed by atoms with E-state index >= 15 is 0 Å². The minimum Gasteiger partial charge on any atom is -0.481 e. The van der Waals surface area contributed by atoms with Gasteiger partial charge in [0, 0.05) is 6.42 Å². The molecule has 3 heteroatoms. The largest absolute Gasteiger partial charge is 0.481 e. The fraction of sp³-hybridized carbons (Fsp3) is 0.833. The molecule has 0 aromatic rings. The summed E-state index contributed by atoms with van der Waals surface area (Å²) in [5.74, 6) is -0.568. The zero-order valence-electron chi connectivity index (χ0n) is 9.79. The van der Waals surface area contributed by atoms with Crippen LogP contribution in [0.3, 0.4) is 0 Å². The molecule has 0 fully saturated rings. The van der Waals surface area contributed by atoms with Gasteiger partial charge in [-0.3, -0.25) is 9.59 Å². The standard InChI is InChI=1S/C12H22O3/c1-3-5-6-10(4-2)7-8-11(13)9-12(14)15/h10H,3-9H2,1-2H3,(H,14,15). The van der Waals surface area contributed by atoms with Crippen molar-refractivity contribution in [2.45, 2.75) is 58.8 Å². The first-order chi connectivity index (χ1) is 7.10. The van der Waals surface area contributed by atoms with Crippen LogP contribution < -0.4 is 0 Å². The Balaban J connectivity index is 3.69. The molecule has 3 nitrogen and oxygen atoms in total. The third-order valence-electron chi connectivity index (χ3n) is 2.72. The maximum atomic E-state index is 11.2. The lowest BCUT2D eigenvalue weighted by Crippen LogP contribution is -2.09. The molecule has 0 radical (unpaired) electrons. The van der Waals surface area contributed by atoms with Crippen molar-refractivity contribution in [3.63, 3.8) is 0 Å². The molecule has 0 amide bonds. The minimum atomic E-state index is -1.01. The molecule has 0 aliphatic carbocycles. The number of carboxylic acid groups (broad SMARTS) is 1. The number of rotatable bonds is 9. The first-order valence-corrected chi connectivity index (χ1v) is 5.83. The van der Waals surface area contributed by atoms with Gasteiger partial charge in [-0.25, -0.2) is 0 Å². The average molecular weight is 214 g/mol. The van der Waals surface area contributed by atoms with Gasteiger partial charge in [-0.1, -0.05) is 39.5 Å². The predicted molar refractivity (Wildman–Crippen MR) is 59.8 cm³/mol. The van der Waals surface area contributed by atoms with Crippen LogP contribution in [0.25, 0.3) is 0 Å².